The van der Waals surface area contributed by atoms with E-state index in [9.17, 15) is 0 Å². The Hall–Kier alpha value is -1.52. The zero-order valence-corrected chi connectivity index (χ0v) is 12.7. The van der Waals surface area contributed by atoms with Gasteiger partial charge in [0.15, 0.2) is 5.16 Å². The number of hydrogen-bond donors (Lipinski definition) is 0. The number of nitrogens with zero attached hydrogens (tertiary/aromatic N) is 3. The number of fused-ring (bicyclic) bond motifs is 1. The van der Waals surface area contributed by atoms with Crippen LogP contribution in [0, 0.1) is 0 Å². The van der Waals surface area contributed by atoms with E-state index in [1.807, 2.05) is 36.0 Å². The molecule has 0 saturated carbocycles. The minimum Gasteiger partial charge on any atom is -0.325 e. The van der Waals surface area contributed by atoms with E-state index in [0.29, 0.717) is 5.88 Å². The first-order valence-corrected chi connectivity index (χ1v) is 7.84. The number of rotatable bonds is 4. The van der Waals surface area contributed by atoms with Gasteiger partial charge in [-0.05, 0) is 12.1 Å². The monoisotopic (exact) mass is 303 g/mol. The largest absolute Gasteiger partial charge is 0.325 e. The lowest BCUT2D eigenvalue weighted by Crippen LogP contribution is -1.96. The first-order valence-electron chi connectivity index (χ1n) is 6.32. The average Bonchev–Trinajstić information content (AvgIpc) is 2.85. The summed E-state index contributed by atoms with van der Waals surface area (Å²) in [7, 11) is 1.99. The average molecular weight is 304 g/mol. The predicted molar refractivity (Wildman–Crippen MR) is 84.1 cm³/mol. The Balaban J connectivity index is 1.77. The van der Waals surface area contributed by atoms with Crippen LogP contribution in [-0.2, 0) is 18.7 Å². The van der Waals surface area contributed by atoms with E-state index in [-0.39, 0.29) is 0 Å². The maximum Gasteiger partial charge on any atom is 0.168 e. The molecule has 1 aromatic carbocycles. The predicted octanol–water partition coefficient (Wildman–Crippen LogP) is 4.00. The van der Waals surface area contributed by atoms with Crippen molar-refractivity contribution >= 4 is 34.3 Å². The minimum absolute atomic E-state index is 0.484. The van der Waals surface area contributed by atoms with Crippen molar-refractivity contribution in [1.29, 1.82) is 0 Å². The Morgan fingerprint density at radius 3 is 2.85 bits per heavy atom. The Kier molecular flexibility index (Phi) is 3.94. The van der Waals surface area contributed by atoms with Crippen molar-refractivity contribution in [2.45, 2.75) is 16.8 Å². The third-order valence-electron chi connectivity index (χ3n) is 3.18. The molecule has 20 heavy (non-hydrogen) atoms. The van der Waals surface area contributed by atoms with E-state index in [1.165, 1.54) is 5.39 Å². The molecule has 0 spiro atoms. The molecule has 3 rings (SSSR count). The minimum atomic E-state index is 0.484. The standard InChI is InChI=1S/C15H14ClN3S/c1-19-13(8-16)9-17-15(19)20-10-12-7-6-11-4-2-3-5-14(11)18-12/h2-7,9H,8,10H2,1H3. The fourth-order valence-electron chi connectivity index (χ4n) is 2.01. The molecule has 0 amide bonds. The number of hydrogen-bond acceptors (Lipinski definition) is 3. The highest BCUT2D eigenvalue weighted by Gasteiger charge is 2.07. The number of imidazole rings is 1. The molecule has 0 aliphatic heterocycles. The molecular formula is C15H14ClN3S. The summed E-state index contributed by atoms with van der Waals surface area (Å²) in [4.78, 5) is 9.04. The third-order valence-corrected chi connectivity index (χ3v) is 4.54. The van der Waals surface area contributed by atoms with Crippen LogP contribution in [0.1, 0.15) is 11.4 Å². The molecule has 0 bridgehead atoms. The molecule has 0 aliphatic carbocycles. The molecule has 0 saturated heterocycles. The number of halogens is 1. The highest BCUT2D eigenvalue weighted by Crippen LogP contribution is 2.23. The van der Waals surface area contributed by atoms with Gasteiger partial charge in [-0.2, -0.15) is 0 Å². The van der Waals surface area contributed by atoms with Gasteiger partial charge in [0.05, 0.1) is 29.0 Å². The van der Waals surface area contributed by atoms with E-state index in [0.717, 1.165) is 27.8 Å². The molecule has 102 valence electrons. The second-order valence-corrected chi connectivity index (χ2v) is 5.72. The molecule has 3 aromatic rings. The normalized spacial score (nSPS) is 11.1. The van der Waals surface area contributed by atoms with Gasteiger partial charge in [-0.15, -0.1) is 11.6 Å². The van der Waals surface area contributed by atoms with Gasteiger partial charge >= 0.3 is 0 Å². The van der Waals surface area contributed by atoms with E-state index in [2.05, 4.69) is 28.2 Å². The van der Waals surface area contributed by atoms with Crippen molar-refractivity contribution in [1.82, 2.24) is 14.5 Å². The molecular weight excluding hydrogens is 290 g/mol. The van der Waals surface area contributed by atoms with E-state index in [4.69, 9.17) is 11.6 Å². The molecule has 0 radical (unpaired) electrons. The van der Waals surface area contributed by atoms with Gasteiger partial charge in [0.1, 0.15) is 0 Å². The van der Waals surface area contributed by atoms with Crippen LogP contribution in [0.4, 0.5) is 0 Å². The highest BCUT2D eigenvalue weighted by molar-refractivity contribution is 7.98. The zero-order chi connectivity index (χ0) is 13.9. The molecule has 5 heteroatoms. The SMILES string of the molecule is Cn1c(CCl)cnc1SCc1ccc2ccccc2n1. The number of pyridine rings is 1. The van der Waals surface area contributed by atoms with Crippen LogP contribution in [0.3, 0.4) is 0 Å². The molecule has 3 nitrogen and oxygen atoms in total. The Morgan fingerprint density at radius 1 is 1.20 bits per heavy atom. The fourth-order valence-corrected chi connectivity index (χ4v) is 3.14. The van der Waals surface area contributed by atoms with Crippen LogP contribution >= 0.6 is 23.4 Å². The summed E-state index contributed by atoms with van der Waals surface area (Å²) in [5.74, 6) is 1.29. The van der Waals surface area contributed by atoms with Gasteiger partial charge in [0, 0.05) is 18.2 Å². The Bertz CT molecular complexity index is 739. The number of thioether (sulfide) groups is 1. The summed E-state index contributed by atoms with van der Waals surface area (Å²) in [6, 6.07) is 12.3. The van der Waals surface area contributed by atoms with Crippen molar-refractivity contribution in [3.8, 4) is 0 Å². The quantitative estimate of drug-likeness (QED) is 0.539. The Labute approximate surface area is 127 Å². The smallest absolute Gasteiger partial charge is 0.168 e. The summed E-state index contributed by atoms with van der Waals surface area (Å²) in [5, 5.41) is 2.14. The van der Waals surface area contributed by atoms with Crippen molar-refractivity contribution in [3.05, 3.63) is 54.0 Å². The number of benzene rings is 1. The molecule has 2 heterocycles. The number of alkyl halides is 1. The van der Waals surface area contributed by atoms with Crippen molar-refractivity contribution in [2.75, 3.05) is 0 Å². The van der Waals surface area contributed by atoms with Crippen molar-refractivity contribution < 1.29 is 0 Å². The number of aromatic nitrogens is 3. The molecule has 0 N–H and O–H groups in total. The van der Waals surface area contributed by atoms with Gasteiger partial charge in [-0.25, -0.2) is 4.98 Å². The van der Waals surface area contributed by atoms with Crippen LogP contribution in [0.25, 0.3) is 10.9 Å². The van der Waals surface area contributed by atoms with Crippen LogP contribution < -0.4 is 0 Å². The highest BCUT2D eigenvalue weighted by atomic mass is 35.5. The van der Waals surface area contributed by atoms with Gasteiger partial charge in [-0.3, -0.25) is 4.98 Å². The summed E-state index contributed by atoms with van der Waals surface area (Å²) >= 11 is 7.52. The van der Waals surface area contributed by atoms with Crippen molar-refractivity contribution in [2.24, 2.45) is 7.05 Å². The summed E-state index contributed by atoms with van der Waals surface area (Å²) in [6.07, 6.45) is 1.82. The van der Waals surface area contributed by atoms with Crippen molar-refractivity contribution in [3.63, 3.8) is 0 Å². The lowest BCUT2D eigenvalue weighted by atomic mass is 10.2. The summed E-state index contributed by atoms with van der Waals surface area (Å²) < 4.78 is 2.03. The summed E-state index contributed by atoms with van der Waals surface area (Å²) in [5.41, 5.74) is 3.12. The topological polar surface area (TPSA) is 30.7 Å². The maximum atomic E-state index is 5.85. The first kappa shape index (κ1) is 13.5. The van der Waals surface area contributed by atoms with Gasteiger partial charge in [0.2, 0.25) is 0 Å². The van der Waals surface area contributed by atoms with E-state index >= 15 is 0 Å². The van der Waals surface area contributed by atoms with Crippen LogP contribution in [0.5, 0.6) is 0 Å². The summed E-state index contributed by atoms with van der Waals surface area (Å²) in [6.45, 7) is 0. The van der Waals surface area contributed by atoms with Gasteiger partial charge < -0.3 is 4.57 Å². The molecule has 0 aliphatic rings. The second-order valence-electron chi connectivity index (χ2n) is 4.51. The van der Waals surface area contributed by atoms with E-state index in [1.54, 1.807) is 11.8 Å². The Morgan fingerprint density at radius 2 is 2.05 bits per heavy atom. The van der Waals surface area contributed by atoms with Crippen LogP contribution in [-0.4, -0.2) is 14.5 Å². The molecule has 0 fully saturated rings. The molecule has 2 aromatic heterocycles. The van der Waals surface area contributed by atoms with Crippen LogP contribution in [0.2, 0.25) is 0 Å². The lowest BCUT2D eigenvalue weighted by molar-refractivity contribution is 0.760. The molecule has 0 atom stereocenters. The third kappa shape index (κ3) is 2.67. The lowest BCUT2D eigenvalue weighted by Gasteiger charge is -2.04. The zero-order valence-electron chi connectivity index (χ0n) is 11.1. The second kappa shape index (κ2) is 5.85. The fraction of sp³-hybridized carbons (Fsp3) is 0.200. The van der Waals surface area contributed by atoms with Gasteiger partial charge in [-0.1, -0.05) is 36.0 Å². The molecule has 0 unspecified atom stereocenters. The van der Waals surface area contributed by atoms with E-state index < -0.39 is 0 Å². The van der Waals surface area contributed by atoms with Crippen LogP contribution in [0.15, 0.2) is 47.8 Å². The van der Waals surface area contributed by atoms with Gasteiger partial charge in [0.25, 0.3) is 0 Å². The maximum absolute atomic E-state index is 5.85. The first-order chi connectivity index (χ1) is 9.78. The number of para-hydroxylation sites is 1.